The second-order valence-electron chi connectivity index (χ2n) is 3.26. The van der Waals surface area contributed by atoms with Crippen LogP contribution in [0.2, 0.25) is 0 Å². The van der Waals surface area contributed by atoms with Gasteiger partial charge in [-0.25, -0.2) is 0 Å². The first kappa shape index (κ1) is 14.4. The highest BCUT2D eigenvalue weighted by atomic mass is 19.4. The SMILES string of the molecule is CC1(C(F)(F)F)OC(F)(F)C(F)(C(F)(F)F)O1. The van der Waals surface area contributed by atoms with Crippen LogP contribution in [0.3, 0.4) is 0 Å². The summed E-state index contributed by atoms with van der Waals surface area (Å²) in [6.45, 7) is -0.284. The molecule has 2 nitrogen and oxygen atoms in total. The van der Waals surface area contributed by atoms with E-state index in [2.05, 4.69) is 9.47 Å². The molecular weight excluding hydrogens is 275 g/mol. The fraction of sp³-hybridized carbons (Fsp3) is 1.00. The molecule has 0 aromatic rings. The van der Waals surface area contributed by atoms with Gasteiger partial charge in [0.15, 0.2) is 0 Å². The van der Waals surface area contributed by atoms with Crippen LogP contribution in [0.1, 0.15) is 6.92 Å². The quantitative estimate of drug-likeness (QED) is 0.634. The molecule has 0 bridgehead atoms. The van der Waals surface area contributed by atoms with E-state index in [9.17, 15) is 39.5 Å². The summed E-state index contributed by atoms with van der Waals surface area (Å²) >= 11 is 0. The maximum Gasteiger partial charge on any atom is 0.458 e. The van der Waals surface area contributed by atoms with Crippen molar-refractivity contribution in [1.29, 1.82) is 0 Å². The maximum absolute atomic E-state index is 12.9. The third-order valence-corrected chi connectivity index (χ3v) is 1.91. The largest absolute Gasteiger partial charge is 0.458 e. The topological polar surface area (TPSA) is 18.5 Å². The van der Waals surface area contributed by atoms with E-state index in [0.717, 1.165) is 0 Å². The van der Waals surface area contributed by atoms with Gasteiger partial charge in [-0.3, -0.25) is 9.47 Å². The van der Waals surface area contributed by atoms with Crippen molar-refractivity contribution in [3.05, 3.63) is 0 Å². The molecule has 2 atom stereocenters. The minimum absolute atomic E-state index is 0.284. The number of hydrogen-bond donors (Lipinski definition) is 0. The van der Waals surface area contributed by atoms with Crippen LogP contribution >= 0.6 is 0 Å². The van der Waals surface area contributed by atoms with Crippen LogP contribution in [0.15, 0.2) is 0 Å². The van der Waals surface area contributed by atoms with Crippen molar-refractivity contribution in [1.82, 2.24) is 0 Å². The number of hydrogen-bond acceptors (Lipinski definition) is 2. The molecule has 1 saturated heterocycles. The molecule has 17 heavy (non-hydrogen) atoms. The first-order chi connectivity index (χ1) is 7.16. The Balaban J connectivity index is 3.24. The lowest BCUT2D eigenvalue weighted by atomic mass is 10.3. The molecule has 0 N–H and O–H groups in total. The van der Waals surface area contributed by atoms with Gasteiger partial charge in [-0.15, -0.1) is 0 Å². The number of alkyl halides is 9. The number of halogens is 9. The van der Waals surface area contributed by atoms with Crippen molar-refractivity contribution in [2.24, 2.45) is 0 Å². The Morgan fingerprint density at radius 1 is 0.765 bits per heavy atom. The number of ether oxygens (including phenoxy) is 2. The Labute approximate surface area is 87.3 Å². The highest BCUT2D eigenvalue weighted by Gasteiger charge is 2.85. The predicted octanol–water partition coefficient (Wildman–Crippen LogP) is 3.13. The summed E-state index contributed by atoms with van der Waals surface area (Å²) in [5.41, 5.74) is 0. The summed E-state index contributed by atoms with van der Waals surface area (Å²) in [6.07, 6.45) is -18.0. The molecule has 102 valence electrons. The van der Waals surface area contributed by atoms with Crippen molar-refractivity contribution < 1.29 is 49.0 Å². The lowest BCUT2D eigenvalue weighted by molar-refractivity contribution is -0.399. The van der Waals surface area contributed by atoms with E-state index in [1.807, 2.05) is 0 Å². The van der Waals surface area contributed by atoms with Gasteiger partial charge in [0.2, 0.25) is 0 Å². The van der Waals surface area contributed by atoms with Crippen molar-refractivity contribution in [2.45, 2.75) is 37.0 Å². The van der Waals surface area contributed by atoms with Crippen LogP contribution in [0.25, 0.3) is 0 Å². The average Bonchev–Trinajstić information content (AvgIpc) is 2.16. The Hall–Kier alpha value is -0.710. The lowest BCUT2D eigenvalue weighted by Gasteiger charge is -2.26. The summed E-state index contributed by atoms with van der Waals surface area (Å²) < 4.78 is 116. The summed E-state index contributed by atoms with van der Waals surface area (Å²) in [5.74, 6) is -10.2. The molecule has 0 aliphatic carbocycles. The van der Waals surface area contributed by atoms with Crippen LogP contribution < -0.4 is 0 Å². The maximum atomic E-state index is 12.9. The van der Waals surface area contributed by atoms with E-state index >= 15 is 0 Å². The van der Waals surface area contributed by atoms with E-state index in [0.29, 0.717) is 0 Å². The third-order valence-electron chi connectivity index (χ3n) is 1.91. The van der Waals surface area contributed by atoms with Crippen LogP contribution in [0.4, 0.5) is 39.5 Å². The lowest BCUT2D eigenvalue weighted by Crippen LogP contribution is -2.53. The van der Waals surface area contributed by atoms with Gasteiger partial charge in [0, 0.05) is 0 Å². The first-order valence-corrected chi connectivity index (χ1v) is 3.77. The van der Waals surface area contributed by atoms with E-state index < -0.39 is 30.1 Å². The van der Waals surface area contributed by atoms with E-state index in [1.165, 1.54) is 0 Å². The van der Waals surface area contributed by atoms with Crippen LogP contribution in [0, 0.1) is 0 Å². The predicted molar refractivity (Wildman–Crippen MR) is 31.5 cm³/mol. The molecule has 11 heteroatoms. The average molecular weight is 278 g/mol. The molecule has 0 spiro atoms. The third kappa shape index (κ3) is 1.84. The summed E-state index contributed by atoms with van der Waals surface area (Å²) in [7, 11) is 0. The van der Waals surface area contributed by atoms with Crippen molar-refractivity contribution in [3.63, 3.8) is 0 Å². The molecule has 0 aromatic heterocycles. The highest BCUT2D eigenvalue weighted by Crippen LogP contribution is 2.58. The zero-order chi connectivity index (χ0) is 13.9. The van der Waals surface area contributed by atoms with Gasteiger partial charge in [0.25, 0.3) is 5.79 Å². The molecule has 2 unspecified atom stereocenters. The Bertz CT molecular complexity index is 320. The molecule has 0 amide bonds. The van der Waals surface area contributed by atoms with Crippen LogP contribution in [-0.2, 0) is 9.47 Å². The zero-order valence-electron chi connectivity index (χ0n) is 7.72. The van der Waals surface area contributed by atoms with Gasteiger partial charge in [-0.2, -0.15) is 39.5 Å². The van der Waals surface area contributed by atoms with Gasteiger partial charge in [-0.05, 0) is 6.92 Å². The monoisotopic (exact) mass is 278 g/mol. The van der Waals surface area contributed by atoms with Crippen LogP contribution in [-0.4, -0.2) is 30.1 Å². The van der Waals surface area contributed by atoms with E-state index in [4.69, 9.17) is 0 Å². The normalized spacial score (nSPS) is 38.5. The summed E-state index contributed by atoms with van der Waals surface area (Å²) in [5, 5.41) is 0. The Morgan fingerprint density at radius 2 is 1.18 bits per heavy atom. The van der Waals surface area contributed by atoms with Crippen molar-refractivity contribution in [2.75, 3.05) is 0 Å². The van der Waals surface area contributed by atoms with Crippen LogP contribution in [0.5, 0.6) is 0 Å². The molecule has 0 radical (unpaired) electrons. The minimum atomic E-state index is -6.39. The summed E-state index contributed by atoms with van der Waals surface area (Å²) in [4.78, 5) is 0. The van der Waals surface area contributed by atoms with Gasteiger partial charge >= 0.3 is 24.3 Å². The fourth-order valence-electron chi connectivity index (χ4n) is 0.997. The summed E-state index contributed by atoms with van der Waals surface area (Å²) in [6, 6.07) is 0. The van der Waals surface area contributed by atoms with E-state index in [-0.39, 0.29) is 6.92 Å². The van der Waals surface area contributed by atoms with Crippen molar-refractivity contribution >= 4 is 0 Å². The molecule has 1 rings (SSSR count). The second kappa shape index (κ2) is 3.19. The minimum Gasteiger partial charge on any atom is -0.291 e. The smallest absolute Gasteiger partial charge is 0.291 e. The molecule has 0 aromatic carbocycles. The van der Waals surface area contributed by atoms with Crippen molar-refractivity contribution in [3.8, 4) is 0 Å². The van der Waals surface area contributed by atoms with E-state index in [1.54, 1.807) is 0 Å². The van der Waals surface area contributed by atoms with Gasteiger partial charge in [-0.1, -0.05) is 0 Å². The molecular formula is C6H3F9O2. The molecule has 1 fully saturated rings. The fourth-order valence-corrected chi connectivity index (χ4v) is 0.997. The molecule has 1 aliphatic heterocycles. The Kier molecular flexibility index (Phi) is 2.69. The van der Waals surface area contributed by atoms with Gasteiger partial charge in [0.05, 0.1) is 0 Å². The molecule has 1 aliphatic rings. The molecule has 1 heterocycles. The number of rotatable bonds is 0. The zero-order valence-corrected chi connectivity index (χ0v) is 7.72. The molecule has 0 saturated carbocycles. The standard InChI is InChI=1S/C6H3F9O2/c1-2(4(8,9)10)16-3(7,5(11,12)13)6(14,15)17-2/h1H3. The second-order valence-corrected chi connectivity index (χ2v) is 3.26. The Morgan fingerprint density at radius 3 is 1.35 bits per heavy atom. The van der Waals surface area contributed by atoms with Gasteiger partial charge in [0.1, 0.15) is 0 Å². The van der Waals surface area contributed by atoms with Gasteiger partial charge < -0.3 is 0 Å². The highest BCUT2D eigenvalue weighted by molar-refractivity contribution is 4.97. The first-order valence-electron chi connectivity index (χ1n) is 3.77.